The van der Waals surface area contributed by atoms with Gasteiger partial charge in [0.15, 0.2) is 15.5 Å². The maximum atomic E-state index is 11.3. The van der Waals surface area contributed by atoms with Crippen LogP contribution in [0.3, 0.4) is 0 Å². The lowest BCUT2D eigenvalue weighted by Gasteiger charge is -2.29. The molecule has 0 N–H and O–H groups in total. The standard InChI is InChI=1S/C13H22O2SSi/c1-9(14)10-7-11(16-8-10)13(5,6)15-17-12(2,3)4/h7-8H,17H2,1-6H3. The van der Waals surface area contributed by atoms with Crippen LogP contribution >= 0.6 is 11.3 Å². The van der Waals surface area contributed by atoms with Gasteiger partial charge in [-0.1, -0.05) is 20.8 Å². The fourth-order valence-electron chi connectivity index (χ4n) is 1.30. The van der Waals surface area contributed by atoms with E-state index in [0.717, 1.165) is 10.4 Å². The van der Waals surface area contributed by atoms with Crippen LogP contribution in [-0.4, -0.2) is 15.5 Å². The van der Waals surface area contributed by atoms with E-state index >= 15 is 0 Å². The van der Waals surface area contributed by atoms with E-state index in [1.165, 1.54) is 0 Å². The predicted octanol–water partition coefficient (Wildman–Crippen LogP) is 3.50. The van der Waals surface area contributed by atoms with Gasteiger partial charge in [-0.2, -0.15) is 0 Å². The van der Waals surface area contributed by atoms with Crippen molar-refractivity contribution in [2.24, 2.45) is 0 Å². The summed E-state index contributed by atoms with van der Waals surface area (Å²) in [4.78, 5) is 12.4. The Balaban J connectivity index is 2.78. The molecule has 0 unspecified atom stereocenters. The third kappa shape index (κ3) is 4.37. The topological polar surface area (TPSA) is 26.3 Å². The van der Waals surface area contributed by atoms with Crippen molar-refractivity contribution in [3.8, 4) is 0 Å². The largest absolute Gasteiger partial charge is 0.414 e. The minimum Gasteiger partial charge on any atom is -0.414 e. The number of hydrogen-bond donors (Lipinski definition) is 0. The minimum atomic E-state index is -0.587. The van der Waals surface area contributed by atoms with E-state index in [0.29, 0.717) is 0 Å². The zero-order valence-electron chi connectivity index (χ0n) is 11.6. The first-order valence-corrected chi connectivity index (χ1v) is 8.02. The zero-order valence-corrected chi connectivity index (χ0v) is 13.8. The summed E-state index contributed by atoms with van der Waals surface area (Å²) in [5, 5.41) is 2.21. The summed E-state index contributed by atoms with van der Waals surface area (Å²) < 4.78 is 6.11. The second-order valence-electron chi connectivity index (χ2n) is 6.12. The summed E-state index contributed by atoms with van der Waals surface area (Å²) in [7, 11) is -0.587. The summed E-state index contributed by atoms with van der Waals surface area (Å²) in [6.07, 6.45) is 0. The molecule has 0 aromatic carbocycles. The summed E-state index contributed by atoms with van der Waals surface area (Å²) in [5.41, 5.74) is 0.525. The lowest BCUT2D eigenvalue weighted by molar-refractivity contribution is 0.101. The van der Waals surface area contributed by atoms with Crippen LogP contribution in [0.5, 0.6) is 0 Å². The summed E-state index contributed by atoms with van der Waals surface area (Å²) in [6.45, 7) is 12.4. The molecule has 1 heterocycles. The van der Waals surface area contributed by atoms with Gasteiger partial charge in [-0.05, 0) is 31.9 Å². The van der Waals surface area contributed by atoms with Crippen molar-refractivity contribution in [2.75, 3.05) is 0 Å². The first-order valence-electron chi connectivity index (χ1n) is 5.86. The fraction of sp³-hybridized carbons (Fsp3) is 0.615. The Kier molecular flexibility index (Phi) is 4.33. The number of rotatable bonds is 4. The minimum absolute atomic E-state index is 0.122. The van der Waals surface area contributed by atoms with Gasteiger partial charge in [0.1, 0.15) is 0 Å². The van der Waals surface area contributed by atoms with E-state index in [9.17, 15) is 4.79 Å². The van der Waals surface area contributed by atoms with Crippen LogP contribution in [0.4, 0.5) is 0 Å². The van der Waals surface area contributed by atoms with Gasteiger partial charge in [0.25, 0.3) is 0 Å². The zero-order chi connectivity index (χ0) is 13.3. The highest BCUT2D eigenvalue weighted by molar-refractivity contribution is 7.10. The monoisotopic (exact) mass is 270 g/mol. The van der Waals surface area contributed by atoms with Crippen molar-refractivity contribution in [3.05, 3.63) is 21.9 Å². The summed E-state index contributed by atoms with van der Waals surface area (Å²) in [6, 6.07) is 1.96. The first kappa shape index (κ1) is 14.6. The molecule has 1 aromatic rings. The molecule has 0 aliphatic heterocycles. The van der Waals surface area contributed by atoms with Gasteiger partial charge in [0, 0.05) is 15.8 Å². The Bertz CT molecular complexity index is 402. The van der Waals surface area contributed by atoms with Crippen LogP contribution in [0.2, 0.25) is 5.04 Å². The molecule has 0 amide bonds. The van der Waals surface area contributed by atoms with Gasteiger partial charge in [0.05, 0.1) is 5.60 Å². The van der Waals surface area contributed by atoms with Crippen LogP contribution in [0.15, 0.2) is 11.4 Å². The number of carbonyl (C=O) groups is 1. The second-order valence-corrected chi connectivity index (χ2v) is 9.73. The molecule has 0 fully saturated rings. The van der Waals surface area contributed by atoms with Crippen LogP contribution in [0, 0.1) is 0 Å². The van der Waals surface area contributed by atoms with Crippen LogP contribution < -0.4 is 0 Å². The van der Waals surface area contributed by atoms with Gasteiger partial charge in [-0.15, -0.1) is 11.3 Å². The molecule has 1 aromatic heterocycles. The molecule has 0 radical (unpaired) electrons. The van der Waals surface area contributed by atoms with Crippen molar-refractivity contribution in [1.82, 2.24) is 0 Å². The number of Topliss-reactive ketones (excluding diaryl/α,β-unsaturated/α-hetero) is 1. The molecule has 0 aliphatic rings. The fourth-order valence-corrected chi connectivity index (χ4v) is 3.38. The van der Waals surface area contributed by atoms with Crippen LogP contribution in [-0.2, 0) is 10.0 Å². The Labute approximate surface area is 110 Å². The smallest absolute Gasteiger partial charge is 0.168 e. The first-order chi connectivity index (χ1) is 7.62. The Morgan fingerprint density at radius 3 is 2.29 bits per heavy atom. The molecule has 17 heavy (non-hydrogen) atoms. The van der Waals surface area contributed by atoms with Crippen molar-refractivity contribution < 1.29 is 9.22 Å². The van der Waals surface area contributed by atoms with Crippen molar-refractivity contribution in [2.45, 2.75) is 52.2 Å². The molecule has 2 nitrogen and oxygen atoms in total. The molecule has 4 heteroatoms. The van der Waals surface area contributed by atoms with E-state index in [1.807, 2.05) is 11.4 Å². The lowest BCUT2D eigenvalue weighted by atomic mass is 10.1. The molecular weight excluding hydrogens is 248 g/mol. The molecule has 0 saturated heterocycles. The maximum absolute atomic E-state index is 11.3. The normalized spacial score (nSPS) is 13.5. The quantitative estimate of drug-likeness (QED) is 0.618. The average molecular weight is 270 g/mol. The van der Waals surface area contributed by atoms with Crippen LogP contribution in [0.1, 0.15) is 56.8 Å². The summed E-state index contributed by atoms with van der Waals surface area (Å²) >= 11 is 1.61. The van der Waals surface area contributed by atoms with Crippen molar-refractivity contribution in [3.63, 3.8) is 0 Å². The third-order valence-corrected chi connectivity index (χ3v) is 5.43. The van der Waals surface area contributed by atoms with Gasteiger partial charge in [-0.3, -0.25) is 4.79 Å². The van der Waals surface area contributed by atoms with Gasteiger partial charge in [-0.25, -0.2) is 0 Å². The average Bonchev–Trinajstić information content (AvgIpc) is 2.63. The van der Waals surface area contributed by atoms with E-state index in [2.05, 4.69) is 34.6 Å². The molecule has 0 bridgehead atoms. The van der Waals surface area contributed by atoms with Gasteiger partial charge >= 0.3 is 0 Å². The molecule has 96 valence electrons. The molecule has 0 saturated carbocycles. The van der Waals surface area contributed by atoms with E-state index < -0.39 is 9.76 Å². The highest BCUT2D eigenvalue weighted by Gasteiger charge is 2.26. The Morgan fingerprint density at radius 1 is 1.29 bits per heavy atom. The predicted molar refractivity (Wildman–Crippen MR) is 76.7 cm³/mol. The number of hydrogen-bond acceptors (Lipinski definition) is 3. The van der Waals surface area contributed by atoms with Crippen LogP contribution in [0.25, 0.3) is 0 Å². The van der Waals surface area contributed by atoms with E-state index in [-0.39, 0.29) is 16.4 Å². The van der Waals surface area contributed by atoms with Gasteiger partial charge < -0.3 is 4.43 Å². The lowest BCUT2D eigenvalue weighted by Crippen LogP contribution is -2.26. The summed E-state index contributed by atoms with van der Waals surface area (Å²) in [5.74, 6) is 0.122. The number of thiophene rings is 1. The maximum Gasteiger partial charge on any atom is 0.168 e. The number of ketones is 1. The van der Waals surface area contributed by atoms with Gasteiger partial charge in [0.2, 0.25) is 0 Å². The molecular formula is C13H22O2SSi. The molecule has 1 rings (SSSR count). The SMILES string of the molecule is CC(=O)c1csc(C(C)(C)O[SiH2]C(C)(C)C)c1. The van der Waals surface area contributed by atoms with E-state index in [4.69, 9.17) is 4.43 Å². The van der Waals surface area contributed by atoms with E-state index in [1.54, 1.807) is 18.3 Å². The Morgan fingerprint density at radius 2 is 1.88 bits per heavy atom. The molecule has 0 spiro atoms. The third-order valence-electron chi connectivity index (χ3n) is 2.47. The molecule has 0 atom stereocenters. The second kappa shape index (κ2) is 5.04. The van der Waals surface area contributed by atoms with Crippen molar-refractivity contribution >= 4 is 26.9 Å². The highest BCUT2D eigenvalue weighted by atomic mass is 32.1. The number of carbonyl (C=O) groups excluding carboxylic acids is 1. The Hall–Kier alpha value is -0.453. The van der Waals surface area contributed by atoms with Crippen molar-refractivity contribution in [1.29, 1.82) is 0 Å². The highest BCUT2D eigenvalue weighted by Crippen LogP contribution is 2.33. The molecule has 0 aliphatic carbocycles.